The van der Waals surface area contributed by atoms with Gasteiger partial charge in [-0.1, -0.05) is 36.8 Å². The summed E-state index contributed by atoms with van der Waals surface area (Å²) in [6, 6.07) is 12.3. The van der Waals surface area contributed by atoms with Crippen LogP contribution in [0.3, 0.4) is 0 Å². The fourth-order valence-corrected chi connectivity index (χ4v) is 6.67. The van der Waals surface area contributed by atoms with Gasteiger partial charge >= 0.3 is 0 Å². The van der Waals surface area contributed by atoms with Crippen LogP contribution in [0.5, 0.6) is 11.5 Å². The first-order chi connectivity index (χ1) is 16.9. The van der Waals surface area contributed by atoms with Gasteiger partial charge in [0.15, 0.2) is 11.5 Å². The monoisotopic (exact) mass is 514 g/mol. The molecule has 35 heavy (non-hydrogen) atoms. The number of benzene rings is 2. The molecule has 2 aromatic carbocycles. The highest BCUT2D eigenvalue weighted by atomic mass is 32.2. The van der Waals surface area contributed by atoms with Gasteiger partial charge in [0.2, 0.25) is 21.8 Å². The Morgan fingerprint density at radius 2 is 1.94 bits per heavy atom. The van der Waals surface area contributed by atoms with E-state index in [2.05, 4.69) is 22.4 Å². The second-order valence-electron chi connectivity index (χ2n) is 8.56. The molecule has 1 aromatic heterocycles. The smallest absolute Gasteiger partial charge is 0.286 e. The number of carbonyl (C=O) groups is 1. The van der Waals surface area contributed by atoms with Gasteiger partial charge in [-0.15, -0.1) is 10.2 Å². The molecule has 2 aliphatic rings. The van der Waals surface area contributed by atoms with E-state index in [4.69, 9.17) is 9.47 Å². The number of nitrogens with one attached hydrogen (secondary N) is 1. The highest BCUT2D eigenvalue weighted by molar-refractivity contribution is 7.89. The van der Waals surface area contributed by atoms with Crippen LogP contribution in [0.1, 0.15) is 52.5 Å². The number of piperidine rings is 1. The van der Waals surface area contributed by atoms with Gasteiger partial charge in [-0.2, -0.15) is 4.31 Å². The van der Waals surface area contributed by atoms with E-state index in [1.807, 2.05) is 12.1 Å². The van der Waals surface area contributed by atoms with Gasteiger partial charge < -0.3 is 14.8 Å². The molecule has 5 rings (SSSR count). The number of amides is 1. The number of hydrogen-bond acceptors (Lipinski definition) is 8. The number of carbonyl (C=O) groups excluding carboxylic acids is 1. The van der Waals surface area contributed by atoms with Gasteiger partial charge in [0.25, 0.3) is 5.91 Å². The van der Waals surface area contributed by atoms with Gasteiger partial charge in [-0.3, -0.25) is 4.79 Å². The maximum Gasteiger partial charge on any atom is 0.286 e. The fraction of sp³-hybridized carbons (Fsp3) is 0.375. The third-order valence-electron chi connectivity index (χ3n) is 6.10. The molecule has 184 valence electrons. The molecule has 1 fully saturated rings. The predicted molar refractivity (Wildman–Crippen MR) is 132 cm³/mol. The standard InChI is InChI=1S/C24H26N4O5S2/c1-2-4-16-6-9-19(10-7-16)35(30,31)28-12-3-5-17(14-28)23-26-27-24(34-23)22(29)25-18-8-11-20-21(13-18)33-15-32-20/h6-11,13,17H,2-5,12,14-15H2,1H3,(H,25,29)/t17-/m0/s1. The summed E-state index contributed by atoms with van der Waals surface area (Å²) in [5, 5.41) is 12.0. The molecule has 0 saturated carbocycles. The summed E-state index contributed by atoms with van der Waals surface area (Å²) in [4.78, 5) is 13.0. The average molecular weight is 515 g/mol. The number of fused-ring (bicyclic) bond motifs is 1. The van der Waals surface area contributed by atoms with E-state index in [0.717, 1.165) is 31.2 Å². The van der Waals surface area contributed by atoms with Crippen LogP contribution in [0, 0.1) is 0 Å². The highest BCUT2D eigenvalue weighted by Crippen LogP contribution is 2.35. The first-order valence-electron chi connectivity index (χ1n) is 11.6. The van der Waals surface area contributed by atoms with E-state index in [9.17, 15) is 13.2 Å². The van der Waals surface area contributed by atoms with Crippen LogP contribution in [-0.2, 0) is 16.4 Å². The number of aryl methyl sites for hydroxylation is 1. The van der Waals surface area contributed by atoms with Crippen molar-refractivity contribution >= 4 is 33.0 Å². The highest BCUT2D eigenvalue weighted by Gasteiger charge is 2.33. The van der Waals surface area contributed by atoms with Crippen molar-refractivity contribution < 1.29 is 22.7 Å². The number of nitrogens with zero attached hydrogens (tertiary/aromatic N) is 3. The van der Waals surface area contributed by atoms with Gasteiger partial charge in [0, 0.05) is 30.8 Å². The van der Waals surface area contributed by atoms with Gasteiger partial charge in [0.05, 0.1) is 4.90 Å². The summed E-state index contributed by atoms with van der Waals surface area (Å²) in [6.07, 6.45) is 3.45. The van der Waals surface area contributed by atoms with Crippen molar-refractivity contribution in [2.45, 2.75) is 43.4 Å². The second kappa shape index (κ2) is 9.92. The lowest BCUT2D eigenvalue weighted by Gasteiger charge is -2.30. The first kappa shape index (κ1) is 23.7. The normalized spacial score (nSPS) is 17.9. The Hall–Kier alpha value is -3.02. The molecule has 0 aliphatic carbocycles. The Morgan fingerprint density at radius 3 is 2.74 bits per heavy atom. The molecule has 0 bridgehead atoms. The minimum Gasteiger partial charge on any atom is -0.454 e. The van der Waals surface area contributed by atoms with E-state index in [1.165, 1.54) is 15.6 Å². The Labute approximate surface area is 208 Å². The molecular formula is C24H26N4O5S2. The average Bonchev–Trinajstić information content (AvgIpc) is 3.55. The van der Waals surface area contributed by atoms with Crippen LogP contribution in [0.4, 0.5) is 5.69 Å². The molecule has 0 unspecified atom stereocenters. The number of hydrogen-bond donors (Lipinski definition) is 1. The minimum atomic E-state index is -3.60. The van der Waals surface area contributed by atoms with E-state index in [0.29, 0.717) is 40.2 Å². The van der Waals surface area contributed by atoms with Crippen molar-refractivity contribution in [2.24, 2.45) is 0 Å². The lowest BCUT2D eigenvalue weighted by atomic mass is 10.0. The lowest BCUT2D eigenvalue weighted by Crippen LogP contribution is -2.39. The number of sulfonamides is 1. The summed E-state index contributed by atoms with van der Waals surface area (Å²) in [7, 11) is -3.60. The summed E-state index contributed by atoms with van der Waals surface area (Å²) >= 11 is 1.20. The largest absolute Gasteiger partial charge is 0.454 e. The first-order valence-corrected chi connectivity index (χ1v) is 13.8. The molecule has 11 heteroatoms. The van der Waals surface area contributed by atoms with Crippen LogP contribution < -0.4 is 14.8 Å². The molecule has 9 nitrogen and oxygen atoms in total. The SMILES string of the molecule is CCCc1ccc(S(=O)(=O)N2CCC[C@H](c3nnc(C(=O)Nc4ccc5c(c4)OCO5)s3)C2)cc1. The van der Waals surface area contributed by atoms with Gasteiger partial charge in [-0.25, -0.2) is 8.42 Å². The third kappa shape index (κ3) is 5.02. The van der Waals surface area contributed by atoms with Gasteiger partial charge in [0.1, 0.15) is 5.01 Å². The predicted octanol–water partition coefficient (Wildman–Crippen LogP) is 4.04. The maximum atomic E-state index is 13.2. The zero-order valence-corrected chi connectivity index (χ0v) is 20.9. The Morgan fingerprint density at radius 1 is 1.14 bits per heavy atom. The van der Waals surface area contributed by atoms with E-state index < -0.39 is 10.0 Å². The molecule has 1 amide bonds. The number of aromatic nitrogens is 2. The second-order valence-corrected chi connectivity index (χ2v) is 11.5. The molecule has 1 saturated heterocycles. The van der Waals surface area contributed by atoms with Crippen molar-refractivity contribution in [1.29, 1.82) is 0 Å². The number of rotatable bonds is 7. The summed E-state index contributed by atoms with van der Waals surface area (Å²) in [5.74, 6) is 0.724. The summed E-state index contributed by atoms with van der Waals surface area (Å²) in [6.45, 7) is 3.03. The number of ether oxygens (including phenoxy) is 2. The van der Waals surface area contributed by atoms with Crippen LogP contribution in [0.25, 0.3) is 0 Å². The zero-order valence-electron chi connectivity index (χ0n) is 19.3. The molecule has 3 aromatic rings. The summed E-state index contributed by atoms with van der Waals surface area (Å²) < 4.78 is 38.6. The minimum absolute atomic E-state index is 0.109. The van der Waals surface area contributed by atoms with Gasteiger partial charge in [-0.05, 0) is 49.1 Å². The van der Waals surface area contributed by atoms with Crippen molar-refractivity contribution in [3.05, 3.63) is 58.0 Å². The van der Waals surface area contributed by atoms with Crippen LogP contribution in [0.2, 0.25) is 0 Å². The Bertz CT molecular complexity index is 1320. The quantitative estimate of drug-likeness (QED) is 0.507. The number of anilines is 1. The molecule has 2 aliphatic heterocycles. The van der Waals surface area contributed by atoms with Crippen LogP contribution >= 0.6 is 11.3 Å². The molecule has 1 atom stereocenters. The Balaban J connectivity index is 1.26. The Kier molecular flexibility index (Phi) is 6.72. The maximum absolute atomic E-state index is 13.2. The topological polar surface area (TPSA) is 111 Å². The molecule has 0 spiro atoms. The molecule has 1 N–H and O–H groups in total. The van der Waals surface area contributed by atoms with Crippen molar-refractivity contribution in [3.63, 3.8) is 0 Å². The van der Waals surface area contributed by atoms with E-state index in [-0.39, 0.29) is 23.6 Å². The van der Waals surface area contributed by atoms with Crippen molar-refractivity contribution in [2.75, 3.05) is 25.2 Å². The third-order valence-corrected chi connectivity index (χ3v) is 9.06. The van der Waals surface area contributed by atoms with E-state index in [1.54, 1.807) is 30.3 Å². The molecular weight excluding hydrogens is 488 g/mol. The van der Waals surface area contributed by atoms with Crippen molar-refractivity contribution in [1.82, 2.24) is 14.5 Å². The zero-order chi connectivity index (χ0) is 24.4. The lowest BCUT2D eigenvalue weighted by molar-refractivity contribution is 0.102. The summed E-state index contributed by atoms with van der Waals surface area (Å²) in [5.41, 5.74) is 1.69. The van der Waals surface area contributed by atoms with E-state index >= 15 is 0 Å². The molecule has 3 heterocycles. The fourth-order valence-electron chi connectivity index (χ4n) is 4.28. The van der Waals surface area contributed by atoms with Crippen molar-refractivity contribution in [3.8, 4) is 11.5 Å². The molecule has 0 radical (unpaired) electrons. The van der Waals surface area contributed by atoms with Crippen LogP contribution in [0.15, 0.2) is 47.4 Å². The van der Waals surface area contributed by atoms with Crippen LogP contribution in [-0.4, -0.2) is 48.7 Å².